The number of halogens is 1. The molecule has 2 N–H and O–H groups in total. The molecule has 0 saturated heterocycles. The highest BCUT2D eigenvalue weighted by Gasteiger charge is 2.24. The van der Waals surface area contributed by atoms with Gasteiger partial charge in [-0.3, -0.25) is 19.6 Å². The Kier molecular flexibility index (Phi) is 4.80. The lowest BCUT2D eigenvalue weighted by Gasteiger charge is -2.09. The number of aromatic nitrogens is 2. The van der Waals surface area contributed by atoms with Gasteiger partial charge >= 0.3 is 0 Å². The summed E-state index contributed by atoms with van der Waals surface area (Å²) in [6.07, 6.45) is 6.37. The molecule has 140 valence electrons. The van der Waals surface area contributed by atoms with Crippen LogP contribution in [0, 0.1) is 5.82 Å². The number of benzene rings is 1. The summed E-state index contributed by atoms with van der Waals surface area (Å²) in [5.41, 5.74) is 1.86. The van der Waals surface area contributed by atoms with Crippen LogP contribution in [0.2, 0.25) is 0 Å². The van der Waals surface area contributed by atoms with Gasteiger partial charge in [0, 0.05) is 35.1 Å². The Hall–Kier alpha value is -3.61. The maximum Gasteiger partial charge on any atom is 0.270 e. The molecule has 28 heavy (non-hydrogen) atoms. The number of hydrogen-bond donors (Lipinski definition) is 2. The second-order valence-electron chi connectivity index (χ2n) is 6.57. The van der Waals surface area contributed by atoms with E-state index in [1.165, 1.54) is 36.8 Å². The quantitative estimate of drug-likeness (QED) is 0.715. The van der Waals surface area contributed by atoms with Gasteiger partial charge in [-0.1, -0.05) is 18.2 Å². The van der Waals surface area contributed by atoms with Crippen molar-refractivity contribution in [3.05, 3.63) is 78.1 Å². The standard InChI is InChI=1S/C21H17FN4O2/c22-18-4-2-1-3-17(18)14-9-16(12-23-11-14)26-20(27)13-7-8-24-19(10-13)21(28)25-15-5-6-15/h1-4,7-12,15H,5-6H2,(H,25,28)(H,26,27). The van der Waals surface area contributed by atoms with Gasteiger partial charge in [-0.15, -0.1) is 0 Å². The molecule has 0 radical (unpaired) electrons. The van der Waals surface area contributed by atoms with Gasteiger partial charge in [-0.2, -0.15) is 0 Å². The minimum Gasteiger partial charge on any atom is -0.348 e. The van der Waals surface area contributed by atoms with E-state index in [9.17, 15) is 14.0 Å². The summed E-state index contributed by atoms with van der Waals surface area (Å²) in [6, 6.07) is 11.2. The van der Waals surface area contributed by atoms with E-state index in [1.54, 1.807) is 24.3 Å². The second kappa shape index (κ2) is 7.56. The van der Waals surface area contributed by atoms with Crippen molar-refractivity contribution in [2.75, 3.05) is 5.32 Å². The molecule has 3 aromatic rings. The van der Waals surface area contributed by atoms with Crippen molar-refractivity contribution in [1.29, 1.82) is 0 Å². The molecule has 1 saturated carbocycles. The predicted molar refractivity (Wildman–Crippen MR) is 102 cm³/mol. The number of rotatable bonds is 5. The number of pyridine rings is 2. The van der Waals surface area contributed by atoms with Crippen molar-refractivity contribution < 1.29 is 14.0 Å². The van der Waals surface area contributed by atoms with E-state index in [0.29, 0.717) is 22.4 Å². The van der Waals surface area contributed by atoms with Gasteiger partial charge in [-0.25, -0.2) is 4.39 Å². The summed E-state index contributed by atoms with van der Waals surface area (Å²) >= 11 is 0. The zero-order valence-electron chi connectivity index (χ0n) is 14.9. The fourth-order valence-electron chi connectivity index (χ4n) is 2.74. The van der Waals surface area contributed by atoms with Crippen LogP contribution in [0.3, 0.4) is 0 Å². The summed E-state index contributed by atoms with van der Waals surface area (Å²) in [6.45, 7) is 0. The van der Waals surface area contributed by atoms with Gasteiger partial charge in [0.25, 0.3) is 11.8 Å². The van der Waals surface area contributed by atoms with Gasteiger partial charge in [0.15, 0.2) is 0 Å². The summed E-state index contributed by atoms with van der Waals surface area (Å²) in [4.78, 5) is 32.8. The normalized spacial score (nSPS) is 13.0. The second-order valence-corrected chi connectivity index (χ2v) is 6.57. The molecule has 2 amide bonds. The van der Waals surface area contributed by atoms with Crippen molar-refractivity contribution in [3.63, 3.8) is 0 Å². The van der Waals surface area contributed by atoms with Crippen LogP contribution in [-0.4, -0.2) is 27.8 Å². The third kappa shape index (κ3) is 4.03. The number of nitrogens with one attached hydrogen (secondary N) is 2. The molecule has 2 heterocycles. The molecule has 1 aliphatic carbocycles. The number of carbonyl (C=O) groups excluding carboxylic acids is 2. The summed E-state index contributed by atoms with van der Waals surface area (Å²) in [5.74, 6) is -1.07. The lowest BCUT2D eigenvalue weighted by atomic mass is 10.1. The average Bonchev–Trinajstić information content (AvgIpc) is 3.52. The molecule has 0 unspecified atom stereocenters. The molecule has 1 aliphatic rings. The molecule has 0 spiro atoms. The first kappa shape index (κ1) is 17.8. The number of amides is 2. The van der Waals surface area contributed by atoms with Crippen LogP contribution >= 0.6 is 0 Å². The molecule has 1 fully saturated rings. The fourth-order valence-corrected chi connectivity index (χ4v) is 2.74. The van der Waals surface area contributed by atoms with Gasteiger partial charge < -0.3 is 10.6 Å². The van der Waals surface area contributed by atoms with E-state index < -0.39 is 5.91 Å². The summed E-state index contributed by atoms with van der Waals surface area (Å²) in [7, 11) is 0. The molecule has 1 aromatic carbocycles. The first-order valence-electron chi connectivity index (χ1n) is 8.88. The minimum absolute atomic E-state index is 0.192. The van der Waals surface area contributed by atoms with Crippen LogP contribution in [0.15, 0.2) is 61.1 Å². The van der Waals surface area contributed by atoms with E-state index >= 15 is 0 Å². The van der Waals surface area contributed by atoms with Gasteiger partial charge in [0.1, 0.15) is 11.5 Å². The average molecular weight is 376 g/mol. The molecule has 7 heteroatoms. The van der Waals surface area contributed by atoms with E-state index in [0.717, 1.165) is 12.8 Å². The topological polar surface area (TPSA) is 84.0 Å². The number of hydrogen-bond acceptors (Lipinski definition) is 4. The van der Waals surface area contributed by atoms with E-state index in [2.05, 4.69) is 20.6 Å². The van der Waals surface area contributed by atoms with Crippen molar-refractivity contribution in [1.82, 2.24) is 15.3 Å². The summed E-state index contributed by atoms with van der Waals surface area (Å²) < 4.78 is 14.0. The lowest BCUT2D eigenvalue weighted by molar-refractivity contribution is 0.0946. The van der Waals surface area contributed by atoms with E-state index in [1.807, 2.05) is 0 Å². The Balaban J connectivity index is 1.52. The monoisotopic (exact) mass is 376 g/mol. The first-order chi connectivity index (χ1) is 13.6. The predicted octanol–water partition coefficient (Wildman–Crippen LogP) is 3.43. The highest BCUT2D eigenvalue weighted by Crippen LogP contribution is 2.24. The highest BCUT2D eigenvalue weighted by atomic mass is 19.1. The van der Waals surface area contributed by atoms with Gasteiger partial charge in [-0.05, 0) is 37.1 Å². The smallest absolute Gasteiger partial charge is 0.270 e. The zero-order valence-corrected chi connectivity index (χ0v) is 14.9. The maximum absolute atomic E-state index is 14.0. The minimum atomic E-state index is -0.407. The van der Waals surface area contributed by atoms with Crippen molar-refractivity contribution in [2.24, 2.45) is 0 Å². The van der Waals surface area contributed by atoms with Crippen LogP contribution < -0.4 is 10.6 Å². The van der Waals surface area contributed by atoms with E-state index in [-0.39, 0.29) is 23.5 Å². The molecule has 0 atom stereocenters. The van der Waals surface area contributed by atoms with Crippen molar-refractivity contribution >= 4 is 17.5 Å². The van der Waals surface area contributed by atoms with Crippen LogP contribution in [0.4, 0.5) is 10.1 Å². The third-order valence-electron chi connectivity index (χ3n) is 4.35. The molecule has 0 bridgehead atoms. The highest BCUT2D eigenvalue weighted by molar-refractivity contribution is 6.05. The molecule has 0 aliphatic heterocycles. The van der Waals surface area contributed by atoms with E-state index in [4.69, 9.17) is 0 Å². The van der Waals surface area contributed by atoms with Crippen LogP contribution in [0.1, 0.15) is 33.7 Å². The molecule has 4 rings (SSSR count). The first-order valence-corrected chi connectivity index (χ1v) is 8.88. The summed E-state index contributed by atoms with van der Waals surface area (Å²) in [5, 5.41) is 5.56. The van der Waals surface area contributed by atoms with Crippen LogP contribution in [0.5, 0.6) is 0 Å². The Morgan fingerprint density at radius 2 is 1.86 bits per heavy atom. The van der Waals surface area contributed by atoms with Crippen LogP contribution in [-0.2, 0) is 0 Å². The molecular formula is C21H17FN4O2. The van der Waals surface area contributed by atoms with Crippen LogP contribution in [0.25, 0.3) is 11.1 Å². The number of nitrogens with zero attached hydrogens (tertiary/aromatic N) is 2. The van der Waals surface area contributed by atoms with Crippen molar-refractivity contribution in [3.8, 4) is 11.1 Å². The molecule has 6 nitrogen and oxygen atoms in total. The Morgan fingerprint density at radius 1 is 1.04 bits per heavy atom. The fraction of sp³-hybridized carbons (Fsp3) is 0.143. The lowest BCUT2D eigenvalue weighted by Crippen LogP contribution is -2.26. The zero-order chi connectivity index (χ0) is 19.5. The van der Waals surface area contributed by atoms with Gasteiger partial charge in [0.2, 0.25) is 0 Å². The Morgan fingerprint density at radius 3 is 2.64 bits per heavy atom. The third-order valence-corrected chi connectivity index (χ3v) is 4.35. The Bertz CT molecular complexity index is 1050. The number of carbonyl (C=O) groups is 2. The van der Waals surface area contributed by atoms with Gasteiger partial charge in [0.05, 0.1) is 11.9 Å². The largest absolute Gasteiger partial charge is 0.348 e. The molecular weight excluding hydrogens is 359 g/mol. The maximum atomic E-state index is 14.0. The van der Waals surface area contributed by atoms with Crippen molar-refractivity contribution in [2.45, 2.75) is 18.9 Å². The number of anilines is 1. The molecule has 2 aromatic heterocycles. The Labute approximate surface area is 160 Å². The SMILES string of the molecule is O=C(Nc1cncc(-c2ccccc2F)c1)c1ccnc(C(=O)NC2CC2)c1.